The molecule has 0 aromatic carbocycles. The van der Waals surface area contributed by atoms with Crippen LogP contribution in [0, 0.1) is 0 Å². The van der Waals surface area contributed by atoms with Crippen LogP contribution in [0.2, 0.25) is 0 Å². The number of esters is 1. The molecule has 76 heavy (non-hydrogen) atoms. The lowest BCUT2D eigenvalue weighted by Gasteiger charge is -2.27. The van der Waals surface area contributed by atoms with E-state index in [1.807, 2.05) is 33.3 Å². The Kier molecular flexibility index (Phi) is 53.5. The van der Waals surface area contributed by atoms with E-state index >= 15 is 0 Å². The molecule has 0 fully saturated rings. The molecule has 0 saturated heterocycles. The van der Waals surface area contributed by atoms with Gasteiger partial charge in [0.15, 0.2) is 0 Å². The summed E-state index contributed by atoms with van der Waals surface area (Å²) in [4.78, 5) is 37.7. The molecule has 440 valence electrons. The van der Waals surface area contributed by atoms with E-state index in [9.17, 15) is 19.0 Å². The molecule has 0 aromatic rings. The molecule has 0 radical (unpaired) electrons. The van der Waals surface area contributed by atoms with Crippen LogP contribution in [0.25, 0.3) is 0 Å². The highest BCUT2D eigenvalue weighted by atomic mass is 31.2. The first-order valence-electron chi connectivity index (χ1n) is 31.4. The van der Waals surface area contributed by atoms with E-state index in [4.69, 9.17) is 13.8 Å². The van der Waals surface area contributed by atoms with E-state index in [2.05, 4.69) is 99.0 Å². The second kappa shape index (κ2) is 55.5. The van der Waals surface area contributed by atoms with Gasteiger partial charge in [0.1, 0.15) is 19.3 Å². The van der Waals surface area contributed by atoms with Crippen molar-refractivity contribution in [1.29, 1.82) is 0 Å². The number of rotatable bonds is 56. The summed E-state index contributed by atoms with van der Waals surface area (Å²) in [5, 5.41) is 3.05. The fraction of sp³-hybridized carbons (Fsp3) is 0.758. The summed E-state index contributed by atoms with van der Waals surface area (Å²) in [6, 6.07) is -0.863. The first-order valence-corrected chi connectivity index (χ1v) is 32.9. The van der Waals surface area contributed by atoms with Crippen molar-refractivity contribution in [3.05, 3.63) is 85.1 Å². The number of ether oxygens (including phenoxy) is 1. The van der Waals surface area contributed by atoms with Crippen LogP contribution in [0.4, 0.5) is 0 Å². The van der Waals surface area contributed by atoms with Crippen LogP contribution < -0.4 is 5.32 Å². The number of hydrogen-bond donors (Lipinski definition) is 2. The maximum atomic E-state index is 13.6. The maximum absolute atomic E-state index is 13.6. The van der Waals surface area contributed by atoms with Crippen molar-refractivity contribution in [2.75, 3.05) is 40.9 Å². The normalized spacial score (nSPS) is 14.2. The molecule has 0 aliphatic heterocycles. The number of hydrogen-bond acceptors (Lipinski definition) is 6. The molecule has 3 atom stereocenters. The zero-order valence-corrected chi connectivity index (χ0v) is 51.1. The SMILES string of the molecule is CC/C=C/C/C=C/C/C=C/CCCCCCC(=O)OC(/C=C\CCCCCCCCCCCCC)C(COP(=O)(O)OCC[N+](C)(C)C)NC(=O)CCCCCCCCCCCC/C=C\C/C=C\C/C=C\CCCCC. The molecule has 0 spiro atoms. The highest BCUT2D eigenvalue weighted by molar-refractivity contribution is 7.47. The quantitative estimate of drug-likeness (QED) is 0.0205. The number of allylic oxidation sites excluding steroid dienone is 13. The first kappa shape index (κ1) is 73.2. The largest absolute Gasteiger partial charge is 0.472 e. The molecular formula is C66H120N2O7P+. The van der Waals surface area contributed by atoms with E-state index < -0.39 is 20.0 Å². The van der Waals surface area contributed by atoms with Gasteiger partial charge in [0.05, 0.1) is 33.8 Å². The minimum atomic E-state index is -4.46. The third-order valence-electron chi connectivity index (χ3n) is 13.6. The van der Waals surface area contributed by atoms with Crippen molar-refractivity contribution in [3.63, 3.8) is 0 Å². The van der Waals surface area contributed by atoms with Crippen molar-refractivity contribution in [2.24, 2.45) is 0 Å². The molecule has 9 nitrogen and oxygen atoms in total. The van der Waals surface area contributed by atoms with Crippen LogP contribution >= 0.6 is 7.82 Å². The van der Waals surface area contributed by atoms with Crippen LogP contribution in [0.1, 0.15) is 271 Å². The fourth-order valence-corrected chi connectivity index (χ4v) is 9.46. The lowest BCUT2D eigenvalue weighted by atomic mass is 10.0. The van der Waals surface area contributed by atoms with E-state index in [0.29, 0.717) is 23.9 Å². The van der Waals surface area contributed by atoms with Crippen LogP contribution in [-0.2, 0) is 27.9 Å². The minimum absolute atomic E-state index is 0.0325. The van der Waals surface area contributed by atoms with E-state index in [-0.39, 0.29) is 31.5 Å². The van der Waals surface area contributed by atoms with Crippen molar-refractivity contribution in [1.82, 2.24) is 5.32 Å². The van der Waals surface area contributed by atoms with Crippen molar-refractivity contribution in [2.45, 2.75) is 283 Å². The molecule has 0 aromatic heterocycles. The van der Waals surface area contributed by atoms with Gasteiger partial charge in [-0.1, -0.05) is 241 Å². The van der Waals surface area contributed by atoms with E-state index in [0.717, 1.165) is 109 Å². The first-order chi connectivity index (χ1) is 36.9. The molecule has 0 saturated carbocycles. The molecule has 0 heterocycles. The Bertz CT molecular complexity index is 1580. The number of carbonyl (C=O) groups is 2. The van der Waals surface area contributed by atoms with Crippen LogP contribution in [-0.4, -0.2) is 74.3 Å². The average molecular weight is 1080 g/mol. The number of carbonyl (C=O) groups excluding carboxylic acids is 2. The van der Waals surface area contributed by atoms with Crippen LogP contribution in [0.3, 0.4) is 0 Å². The third kappa shape index (κ3) is 55.9. The molecule has 0 rings (SSSR count). The Morgan fingerprint density at radius 3 is 1.29 bits per heavy atom. The van der Waals surface area contributed by atoms with Gasteiger partial charge in [-0.2, -0.15) is 0 Å². The second-order valence-corrected chi connectivity index (χ2v) is 23.6. The van der Waals surface area contributed by atoms with Gasteiger partial charge in [-0.05, 0) is 102 Å². The number of nitrogens with one attached hydrogen (secondary N) is 1. The average Bonchev–Trinajstić information content (AvgIpc) is 3.38. The van der Waals surface area contributed by atoms with E-state index in [1.54, 1.807) is 0 Å². The van der Waals surface area contributed by atoms with Gasteiger partial charge in [-0.3, -0.25) is 18.6 Å². The Balaban J connectivity index is 5.24. The standard InChI is InChI=1S/C66H119N2O7P/c1-7-10-13-16-19-22-25-28-30-31-32-33-34-35-36-37-38-40-43-46-49-52-55-58-65(69)67-63(62-74-76(71,72)73-61-60-68(4,5)6)64(57-54-51-48-45-42-39-27-24-21-18-15-12-9-3)75-66(70)59-56-53-50-47-44-41-29-26-23-20-17-14-11-8-2/h11,14,19-20,22-23,28-30,32-33,41,54,57,63-64H,7-10,12-13,15-18,21,24-27,31,34-40,42-53,55-56,58-62H2,1-6H3,(H-,67,69,71,72)/p+1/b14-11+,22-19-,23-20+,30-28-,33-32-,41-29+,57-54-. The summed E-state index contributed by atoms with van der Waals surface area (Å²) in [7, 11) is 1.47. The number of unbranched alkanes of at least 4 members (excludes halogenated alkanes) is 28. The molecule has 0 aliphatic rings. The Morgan fingerprint density at radius 2 is 0.842 bits per heavy atom. The summed E-state index contributed by atoms with van der Waals surface area (Å²) in [5.74, 6) is -0.535. The number of likely N-dealkylation sites (N-methyl/N-ethyl adjacent to an activating group) is 1. The van der Waals surface area contributed by atoms with Crippen molar-refractivity contribution in [3.8, 4) is 0 Å². The van der Waals surface area contributed by atoms with Gasteiger partial charge in [-0.15, -0.1) is 0 Å². The van der Waals surface area contributed by atoms with E-state index in [1.165, 1.54) is 122 Å². The zero-order chi connectivity index (χ0) is 55.7. The molecular weight excluding hydrogens is 964 g/mol. The molecule has 2 N–H and O–H groups in total. The van der Waals surface area contributed by atoms with Crippen molar-refractivity contribution >= 4 is 19.7 Å². The fourth-order valence-electron chi connectivity index (χ4n) is 8.73. The minimum Gasteiger partial charge on any atom is -0.456 e. The lowest BCUT2D eigenvalue weighted by molar-refractivity contribution is -0.870. The predicted octanol–water partition coefficient (Wildman–Crippen LogP) is 19.4. The smallest absolute Gasteiger partial charge is 0.456 e. The lowest BCUT2D eigenvalue weighted by Crippen LogP contribution is -2.47. The number of phosphoric ester groups is 1. The number of amides is 1. The molecule has 0 aliphatic carbocycles. The Morgan fingerprint density at radius 1 is 0.474 bits per heavy atom. The molecule has 1 amide bonds. The highest BCUT2D eigenvalue weighted by Gasteiger charge is 2.30. The van der Waals surface area contributed by atoms with Gasteiger partial charge in [-0.25, -0.2) is 4.57 Å². The summed E-state index contributed by atoms with van der Waals surface area (Å²) in [5.41, 5.74) is 0. The summed E-state index contributed by atoms with van der Waals surface area (Å²) >= 11 is 0. The van der Waals surface area contributed by atoms with Crippen LogP contribution in [0.15, 0.2) is 85.1 Å². The number of nitrogens with zero attached hydrogens (tertiary/aromatic N) is 1. The highest BCUT2D eigenvalue weighted by Crippen LogP contribution is 2.43. The third-order valence-corrected chi connectivity index (χ3v) is 14.6. The van der Waals surface area contributed by atoms with Gasteiger partial charge < -0.3 is 19.4 Å². The monoisotopic (exact) mass is 1080 g/mol. The van der Waals surface area contributed by atoms with Gasteiger partial charge in [0.2, 0.25) is 5.91 Å². The summed E-state index contributed by atoms with van der Waals surface area (Å²) in [6.45, 7) is 6.86. The Hall–Kier alpha value is -2.81. The van der Waals surface area contributed by atoms with Gasteiger partial charge in [0, 0.05) is 12.8 Å². The van der Waals surface area contributed by atoms with Crippen LogP contribution in [0.5, 0.6) is 0 Å². The second-order valence-electron chi connectivity index (χ2n) is 22.2. The predicted molar refractivity (Wildman–Crippen MR) is 328 cm³/mol. The maximum Gasteiger partial charge on any atom is 0.472 e. The summed E-state index contributed by atoms with van der Waals surface area (Å²) in [6.07, 6.45) is 72.9. The number of phosphoric acid groups is 1. The number of quaternary nitrogens is 1. The zero-order valence-electron chi connectivity index (χ0n) is 50.2. The Labute approximate surface area is 469 Å². The molecule has 3 unspecified atom stereocenters. The molecule has 10 heteroatoms. The van der Waals surface area contributed by atoms with Gasteiger partial charge >= 0.3 is 13.8 Å². The topological polar surface area (TPSA) is 111 Å². The molecule has 0 bridgehead atoms. The van der Waals surface area contributed by atoms with Crippen molar-refractivity contribution < 1.29 is 37.3 Å². The van der Waals surface area contributed by atoms with Gasteiger partial charge in [0.25, 0.3) is 0 Å². The summed E-state index contributed by atoms with van der Waals surface area (Å²) < 4.78 is 30.7.